The SMILES string of the molecule is NS(=O)(=O)c1cc(F)ccc1OCc1cccc(F)c1. The Morgan fingerprint density at radius 1 is 1.05 bits per heavy atom. The Labute approximate surface area is 114 Å². The van der Waals surface area contributed by atoms with Crippen molar-refractivity contribution in [2.24, 2.45) is 5.14 Å². The van der Waals surface area contributed by atoms with Crippen molar-refractivity contribution in [3.8, 4) is 5.75 Å². The number of nitrogens with two attached hydrogens (primary N) is 1. The lowest BCUT2D eigenvalue weighted by atomic mass is 10.2. The van der Waals surface area contributed by atoms with Gasteiger partial charge in [-0.15, -0.1) is 0 Å². The van der Waals surface area contributed by atoms with E-state index in [1.807, 2.05) is 0 Å². The summed E-state index contributed by atoms with van der Waals surface area (Å²) in [5, 5.41) is 4.99. The Morgan fingerprint density at radius 3 is 2.40 bits per heavy atom. The van der Waals surface area contributed by atoms with Gasteiger partial charge in [0.25, 0.3) is 0 Å². The Kier molecular flexibility index (Phi) is 4.01. The van der Waals surface area contributed by atoms with Crippen molar-refractivity contribution in [1.29, 1.82) is 0 Å². The molecular formula is C13H11F2NO3S. The van der Waals surface area contributed by atoms with Crippen molar-refractivity contribution in [3.63, 3.8) is 0 Å². The molecule has 20 heavy (non-hydrogen) atoms. The van der Waals surface area contributed by atoms with Crippen molar-refractivity contribution in [3.05, 3.63) is 59.7 Å². The molecule has 2 aromatic carbocycles. The highest BCUT2D eigenvalue weighted by Gasteiger charge is 2.16. The lowest BCUT2D eigenvalue weighted by Crippen LogP contribution is -2.14. The number of primary sulfonamides is 1. The van der Waals surface area contributed by atoms with Crippen LogP contribution in [0.5, 0.6) is 5.75 Å². The molecule has 0 aliphatic heterocycles. The Hall–Kier alpha value is -1.99. The highest BCUT2D eigenvalue weighted by atomic mass is 32.2. The van der Waals surface area contributed by atoms with Gasteiger partial charge >= 0.3 is 0 Å². The summed E-state index contributed by atoms with van der Waals surface area (Å²) in [6, 6.07) is 8.63. The van der Waals surface area contributed by atoms with Gasteiger partial charge < -0.3 is 4.74 Å². The van der Waals surface area contributed by atoms with Gasteiger partial charge in [-0.3, -0.25) is 0 Å². The van der Waals surface area contributed by atoms with E-state index < -0.39 is 26.6 Å². The largest absolute Gasteiger partial charge is 0.487 e. The van der Waals surface area contributed by atoms with Gasteiger partial charge in [0, 0.05) is 0 Å². The summed E-state index contributed by atoms with van der Waals surface area (Å²) in [5.74, 6) is -1.26. The van der Waals surface area contributed by atoms with E-state index in [2.05, 4.69) is 0 Å². The zero-order valence-corrected chi connectivity index (χ0v) is 11.0. The Morgan fingerprint density at radius 2 is 1.75 bits per heavy atom. The highest BCUT2D eigenvalue weighted by Crippen LogP contribution is 2.24. The first-order valence-corrected chi connectivity index (χ1v) is 7.10. The van der Waals surface area contributed by atoms with E-state index in [1.165, 1.54) is 18.2 Å². The van der Waals surface area contributed by atoms with E-state index >= 15 is 0 Å². The molecule has 4 nitrogen and oxygen atoms in total. The first kappa shape index (κ1) is 14.4. The van der Waals surface area contributed by atoms with Crippen LogP contribution in [-0.2, 0) is 16.6 Å². The van der Waals surface area contributed by atoms with Gasteiger partial charge in [0.2, 0.25) is 10.0 Å². The van der Waals surface area contributed by atoms with Crippen molar-refractivity contribution in [2.45, 2.75) is 11.5 Å². The first-order valence-electron chi connectivity index (χ1n) is 5.56. The highest BCUT2D eigenvalue weighted by molar-refractivity contribution is 7.89. The van der Waals surface area contributed by atoms with Crippen molar-refractivity contribution < 1.29 is 21.9 Å². The molecular weight excluding hydrogens is 288 g/mol. The molecule has 2 N–H and O–H groups in total. The smallest absolute Gasteiger partial charge is 0.241 e. The number of ether oxygens (including phenoxy) is 1. The minimum Gasteiger partial charge on any atom is -0.487 e. The number of sulfonamides is 1. The maximum absolute atomic E-state index is 13.1. The molecule has 0 spiro atoms. The molecule has 0 aromatic heterocycles. The third-order valence-corrected chi connectivity index (χ3v) is 3.43. The maximum atomic E-state index is 13.1. The van der Waals surface area contributed by atoms with Crippen LogP contribution in [0, 0.1) is 11.6 Å². The van der Waals surface area contributed by atoms with Crippen LogP contribution < -0.4 is 9.88 Å². The third-order valence-electron chi connectivity index (χ3n) is 2.50. The first-order chi connectivity index (χ1) is 9.36. The molecule has 0 aliphatic rings. The molecule has 0 amide bonds. The van der Waals surface area contributed by atoms with E-state index in [1.54, 1.807) is 6.07 Å². The van der Waals surface area contributed by atoms with E-state index in [-0.39, 0.29) is 12.4 Å². The average molecular weight is 299 g/mol. The zero-order chi connectivity index (χ0) is 14.8. The maximum Gasteiger partial charge on any atom is 0.241 e. The van der Waals surface area contributed by atoms with Gasteiger partial charge in [0.05, 0.1) is 0 Å². The van der Waals surface area contributed by atoms with Crippen LogP contribution in [0.4, 0.5) is 8.78 Å². The quantitative estimate of drug-likeness (QED) is 0.941. The number of hydrogen-bond donors (Lipinski definition) is 1. The van der Waals surface area contributed by atoms with Gasteiger partial charge in [-0.1, -0.05) is 12.1 Å². The molecule has 0 bridgehead atoms. The van der Waals surface area contributed by atoms with Crippen LogP contribution >= 0.6 is 0 Å². The summed E-state index contributed by atoms with van der Waals surface area (Å²) in [6.07, 6.45) is 0. The number of hydrogen-bond acceptors (Lipinski definition) is 3. The van der Waals surface area contributed by atoms with Gasteiger partial charge in [-0.2, -0.15) is 0 Å². The molecule has 2 rings (SSSR count). The van der Waals surface area contributed by atoms with Gasteiger partial charge in [-0.25, -0.2) is 22.3 Å². The zero-order valence-electron chi connectivity index (χ0n) is 10.2. The fraction of sp³-hybridized carbons (Fsp3) is 0.0769. The Balaban J connectivity index is 2.26. The molecule has 0 fully saturated rings. The van der Waals surface area contributed by atoms with Crippen LogP contribution in [0.15, 0.2) is 47.4 Å². The van der Waals surface area contributed by atoms with Crippen LogP contribution in [-0.4, -0.2) is 8.42 Å². The molecule has 0 aliphatic carbocycles. The topological polar surface area (TPSA) is 69.4 Å². The predicted octanol–water partition coefficient (Wildman–Crippen LogP) is 2.19. The van der Waals surface area contributed by atoms with Crippen LogP contribution in [0.1, 0.15) is 5.56 Å². The van der Waals surface area contributed by atoms with Gasteiger partial charge in [0.15, 0.2) is 0 Å². The second kappa shape index (κ2) is 5.56. The molecule has 7 heteroatoms. The molecule has 106 valence electrons. The fourth-order valence-corrected chi connectivity index (χ4v) is 2.30. The summed E-state index contributed by atoms with van der Waals surface area (Å²) in [5.41, 5.74) is 0.509. The lowest BCUT2D eigenvalue weighted by molar-refractivity contribution is 0.296. The van der Waals surface area contributed by atoms with E-state index in [9.17, 15) is 17.2 Å². The van der Waals surface area contributed by atoms with Crippen molar-refractivity contribution >= 4 is 10.0 Å². The summed E-state index contributed by atoms with van der Waals surface area (Å²) in [6.45, 7) is -0.0636. The summed E-state index contributed by atoms with van der Waals surface area (Å²) in [4.78, 5) is -0.450. The van der Waals surface area contributed by atoms with Crippen molar-refractivity contribution in [2.75, 3.05) is 0 Å². The van der Waals surface area contributed by atoms with E-state index in [0.29, 0.717) is 5.56 Å². The Bertz CT molecular complexity index is 732. The van der Waals surface area contributed by atoms with E-state index in [4.69, 9.17) is 9.88 Å². The second-order valence-electron chi connectivity index (χ2n) is 4.05. The molecule has 0 atom stereocenters. The second-order valence-corrected chi connectivity index (χ2v) is 5.58. The monoisotopic (exact) mass is 299 g/mol. The van der Waals surface area contributed by atoms with Crippen molar-refractivity contribution in [1.82, 2.24) is 0 Å². The molecule has 0 saturated carbocycles. The van der Waals surface area contributed by atoms with Crippen LogP contribution in [0.3, 0.4) is 0 Å². The molecule has 0 heterocycles. The van der Waals surface area contributed by atoms with Crippen LogP contribution in [0.2, 0.25) is 0 Å². The minimum absolute atomic E-state index is 0.0636. The average Bonchev–Trinajstić information content (AvgIpc) is 2.36. The summed E-state index contributed by atoms with van der Waals surface area (Å²) in [7, 11) is -4.11. The summed E-state index contributed by atoms with van der Waals surface area (Å²) < 4.78 is 54.0. The number of halogens is 2. The van der Waals surface area contributed by atoms with Crippen LogP contribution in [0.25, 0.3) is 0 Å². The summed E-state index contributed by atoms with van der Waals surface area (Å²) >= 11 is 0. The molecule has 0 unspecified atom stereocenters. The molecule has 2 aromatic rings. The van der Waals surface area contributed by atoms with Gasteiger partial charge in [-0.05, 0) is 35.9 Å². The normalized spacial score (nSPS) is 11.3. The van der Waals surface area contributed by atoms with E-state index in [0.717, 1.165) is 18.2 Å². The molecule has 0 radical (unpaired) electrons. The predicted molar refractivity (Wildman–Crippen MR) is 68.5 cm³/mol. The minimum atomic E-state index is -4.11. The molecule has 0 saturated heterocycles. The number of benzene rings is 2. The third kappa shape index (κ3) is 3.52. The fourth-order valence-electron chi connectivity index (χ4n) is 1.61. The standard InChI is InChI=1S/C13H11F2NO3S/c14-10-3-1-2-9(6-10)8-19-12-5-4-11(15)7-13(12)20(16,17)18/h1-7H,8H2,(H2,16,17,18). The number of rotatable bonds is 4. The lowest BCUT2D eigenvalue weighted by Gasteiger charge is -2.10. The van der Waals surface area contributed by atoms with Gasteiger partial charge in [0.1, 0.15) is 28.9 Å².